The molecule has 5 rings (SSSR count). The number of nitrogens with two attached hydrogens (primary N) is 1. The standard InChI is InChI=1S/C24H24N4O5/c1-33-14-8-6-13(7-9-14)12-28-21(30)19-17(10-11-18(25)29)27-24(20(19)22(28)31)15-4-2-3-5-16(15)26-23(24)32/h2-9,17,19-20,27H,10-12H2,1H3,(H2,25,29)(H,26,32)/t17-,19+,20-,24-/m0/s1. The lowest BCUT2D eigenvalue weighted by Crippen LogP contribution is -2.53. The van der Waals surface area contributed by atoms with Crippen molar-refractivity contribution in [3.05, 3.63) is 59.7 Å². The first-order valence-corrected chi connectivity index (χ1v) is 10.8. The summed E-state index contributed by atoms with van der Waals surface area (Å²) in [4.78, 5) is 53.2. The van der Waals surface area contributed by atoms with Crippen LogP contribution in [0.25, 0.3) is 0 Å². The number of amides is 4. The van der Waals surface area contributed by atoms with Crippen LogP contribution in [-0.2, 0) is 31.3 Å². The highest BCUT2D eigenvalue weighted by molar-refractivity contribution is 6.15. The van der Waals surface area contributed by atoms with Gasteiger partial charge in [-0.05, 0) is 30.2 Å². The fourth-order valence-electron chi connectivity index (χ4n) is 5.43. The first-order valence-electron chi connectivity index (χ1n) is 10.8. The fourth-order valence-corrected chi connectivity index (χ4v) is 5.43. The number of carbonyl (C=O) groups excluding carboxylic acids is 4. The number of imide groups is 1. The van der Waals surface area contributed by atoms with Crippen molar-refractivity contribution in [1.29, 1.82) is 0 Å². The second-order valence-corrected chi connectivity index (χ2v) is 8.68. The van der Waals surface area contributed by atoms with Crippen molar-refractivity contribution in [1.82, 2.24) is 10.2 Å². The van der Waals surface area contributed by atoms with Gasteiger partial charge in [0.2, 0.25) is 23.6 Å². The van der Waals surface area contributed by atoms with Crippen molar-refractivity contribution in [3.63, 3.8) is 0 Å². The predicted octanol–water partition coefficient (Wildman–Crippen LogP) is 0.881. The van der Waals surface area contributed by atoms with Gasteiger partial charge in [-0.15, -0.1) is 0 Å². The molecule has 0 bridgehead atoms. The molecule has 0 aliphatic carbocycles. The van der Waals surface area contributed by atoms with Gasteiger partial charge in [0.15, 0.2) is 0 Å². The number of ether oxygens (including phenoxy) is 1. The maximum Gasteiger partial charge on any atom is 0.250 e. The number of anilines is 1. The Morgan fingerprint density at radius 1 is 1.09 bits per heavy atom. The molecule has 4 amide bonds. The number of nitrogens with one attached hydrogen (secondary N) is 2. The number of likely N-dealkylation sites (tertiary alicyclic amines) is 1. The van der Waals surface area contributed by atoms with Gasteiger partial charge in [0.25, 0.3) is 0 Å². The van der Waals surface area contributed by atoms with E-state index in [0.717, 1.165) is 5.56 Å². The molecule has 2 aromatic rings. The summed E-state index contributed by atoms with van der Waals surface area (Å²) in [5, 5.41) is 6.14. The molecular weight excluding hydrogens is 424 g/mol. The lowest BCUT2D eigenvalue weighted by Gasteiger charge is -2.29. The number of hydrogen-bond donors (Lipinski definition) is 3. The Morgan fingerprint density at radius 2 is 1.82 bits per heavy atom. The van der Waals surface area contributed by atoms with E-state index in [1.54, 1.807) is 55.6 Å². The van der Waals surface area contributed by atoms with Crippen LogP contribution in [-0.4, -0.2) is 41.7 Å². The van der Waals surface area contributed by atoms with Crippen LogP contribution in [0.5, 0.6) is 5.75 Å². The zero-order valence-electron chi connectivity index (χ0n) is 18.0. The summed E-state index contributed by atoms with van der Waals surface area (Å²) in [6, 6.07) is 13.7. The topological polar surface area (TPSA) is 131 Å². The van der Waals surface area contributed by atoms with Gasteiger partial charge in [0, 0.05) is 23.7 Å². The summed E-state index contributed by atoms with van der Waals surface area (Å²) in [5.74, 6) is -2.64. The summed E-state index contributed by atoms with van der Waals surface area (Å²) in [6.07, 6.45) is 0.295. The van der Waals surface area contributed by atoms with Gasteiger partial charge in [-0.2, -0.15) is 0 Å². The van der Waals surface area contributed by atoms with Crippen LogP contribution in [0.4, 0.5) is 5.69 Å². The molecule has 3 heterocycles. The van der Waals surface area contributed by atoms with E-state index >= 15 is 0 Å². The molecule has 4 atom stereocenters. The maximum absolute atomic E-state index is 13.7. The number of nitrogens with zero attached hydrogens (tertiary/aromatic N) is 1. The molecular formula is C24H24N4O5. The predicted molar refractivity (Wildman–Crippen MR) is 118 cm³/mol. The van der Waals surface area contributed by atoms with E-state index in [1.807, 2.05) is 0 Å². The quantitative estimate of drug-likeness (QED) is 0.563. The highest BCUT2D eigenvalue weighted by Crippen LogP contribution is 2.53. The van der Waals surface area contributed by atoms with Crippen LogP contribution in [0.1, 0.15) is 24.0 Å². The van der Waals surface area contributed by atoms with Gasteiger partial charge in [0.05, 0.1) is 25.5 Å². The van der Waals surface area contributed by atoms with Crippen molar-refractivity contribution >= 4 is 29.3 Å². The fraction of sp³-hybridized carbons (Fsp3) is 0.333. The number of para-hydroxylation sites is 1. The Hall–Kier alpha value is -3.72. The summed E-state index contributed by atoms with van der Waals surface area (Å²) >= 11 is 0. The van der Waals surface area contributed by atoms with Crippen LogP contribution in [0.3, 0.4) is 0 Å². The molecule has 33 heavy (non-hydrogen) atoms. The van der Waals surface area contributed by atoms with Crippen molar-refractivity contribution in [2.45, 2.75) is 31.0 Å². The summed E-state index contributed by atoms with van der Waals surface area (Å²) in [7, 11) is 1.56. The molecule has 9 nitrogen and oxygen atoms in total. The largest absolute Gasteiger partial charge is 0.497 e. The monoisotopic (exact) mass is 448 g/mol. The van der Waals surface area contributed by atoms with E-state index < -0.39 is 35.2 Å². The van der Waals surface area contributed by atoms with Gasteiger partial charge < -0.3 is 15.8 Å². The highest BCUT2D eigenvalue weighted by atomic mass is 16.5. The Bertz CT molecular complexity index is 1160. The molecule has 2 fully saturated rings. The summed E-state index contributed by atoms with van der Waals surface area (Å²) in [6.45, 7) is 0.0938. The second kappa shape index (κ2) is 7.70. The molecule has 170 valence electrons. The number of fused-ring (bicyclic) bond motifs is 4. The number of methoxy groups -OCH3 is 1. The molecule has 0 saturated carbocycles. The van der Waals surface area contributed by atoms with Crippen LogP contribution in [0, 0.1) is 11.8 Å². The second-order valence-electron chi connectivity index (χ2n) is 8.68. The minimum Gasteiger partial charge on any atom is -0.497 e. The lowest BCUT2D eigenvalue weighted by atomic mass is 9.76. The third-order valence-corrected chi connectivity index (χ3v) is 6.92. The van der Waals surface area contributed by atoms with Crippen molar-refractivity contribution in [3.8, 4) is 5.75 Å². The minimum atomic E-state index is -1.37. The molecule has 0 radical (unpaired) electrons. The smallest absolute Gasteiger partial charge is 0.250 e. The van der Waals surface area contributed by atoms with E-state index in [0.29, 0.717) is 17.0 Å². The molecule has 1 spiro atoms. The summed E-state index contributed by atoms with van der Waals surface area (Å²) < 4.78 is 5.17. The number of hydrogen-bond acceptors (Lipinski definition) is 6. The Kier molecular flexibility index (Phi) is 4.93. The van der Waals surface area contributed by atoms with E-state index in [-0.39, 0.29) is 31.2 Å². The Morgan fingerprint density at radius 3 is 2.52 bits per heavy atom. The Labute approximate surface area is 190 Å². The normalized spacial score (nSPS) is 27.6. The van der Waals surface area contributed by atoms with Gasteiger partial charge in [-0.3, -0.25) is 29.4 Å². The summed E-state index contributed by atoms with van der Waals surface area (Å²) in [5.41, 5.74) is 6.00. The number of rotatable bonds is 6. The van der Waals surface area contributed by atoms with Crippen LogP contribution >= 0.6 is 0 Å². The SMILES string of the molecule is COc1ccc(CN2C(=O)[C@@H]3[C@H](CCC(N)=O)N[C@]4(C(=O)Nc5ccccc54)[C@@H]3C2=O)cc1. The average Bonchev–Trinajstić information content (AvgIpc) is 3.39. The zero-order valence-corrected chi connectivity index (χ0v) is 18.0. The first kappa shape index (κ1) is 21.1. The molecule has 3 aliphatic rings. The van der Waals surface area contributed by atoms with Crippen LogP contribution < -0.4 is 21.1 Å². The van der Waals surface area contributed by atoms with E-state index in [4.69, 9.17) is 10.5 Å². The third kappa shape index (κ3) is 3.11. The zero-order chi connectivity index (χ0) is 23.3. The molecule has 2 saturated heterocycles. The average molecular weight is 448 g/mol. The van der Waals surface area contributed by atoms with Crippen LogP contribution in [0.2, 0.25) is 0 Å². The Balaban J connectivity index is 1.54. The van der Waals surface area contributed by atoms with Gasteiger partial charge in [-0.1, -0.05) is 30.3 Å². The maximum atomic E-state index is 13.7. The van der Waals surface area contributed by atoms with Gasteiger partial charge in [-0.25, -0.2) is 0 Å². The lowest BCUT2D eigenvalue weighted by molar-refractivity contribution is -0.143. The number of primary amides is 1. The molecule has 0 unspecified atom stereocenters. The molecule has 2 aromatic carbocycles. The van der Waals surface area contributed by atoms with Gasteiger partial charge >= 0.3 is 0 Å². The van der Waals surface area contributed by atoms with Crippen molar-refractivity contribution in [2.24, 2.45) is 17.6 Å². The number of benzene rings is 2. The van der Waals surface area contributed by atoms with Gasteiger partial charge in [0.1, 0.15) is 11.3 Å². The molecule has 3 aliphatic heterocycles. The minimum absolute atomic E-state index is 0.0418. The van der Waals surface area contributed by atoms with E-state index in [9.17, 15) is 19.2 Å². The third-order valence-electron chi connectivity index (χ3n) is 6.92. The molecule has 0 aromatic heterocycles. The highest BCUT2D eigenvalue weighted by Gasteiger charge is 2.70. The van der Waals surface area contributed by atoms with Crippen LogP contribution in [0.15, 0.2) is 48.5 Å². The van der Waals surface area contributed by atoms with E-state index in [2.05, 4.69) is 10.6 Å². The molecule has 4 N–H and O–H groups in total. The first-order chi connectivity index (χ1) is 15.9. The van der Waals surface area contributed by atoms with E-state index in [1.165, 1.54) is 4.90 Å². The molecule has 9 heteroatoms. The number of carbonyl (C=O) groups is 4. The van der Waals surface area contributed by atoms with Crippen molar-refractivity contribution < 1.29 is 23.9 Å². The van der Waals surface area contributed by atoms with Crippen molar-refractivity contribution in [2.75, 3.05) is 12.4 Å².